The van der Waals surface area contributed by atoms with E-state index in [0.29, 0.717) is 15.4 Å². The maximum atomic E-state index is 13.5. The van der Waals surface area contributed by atoms with Gasteiger partial charge in [0, 0.05) is 11.6 Å². The van der Waals surface area contributed by atoms with Gasteiger partial charge in [0.15, 0.2) is 6.29 Å². The Kier molecular flexibility index (Phi) is 2.26. The van der Waals surface area contributed by atoms with E-state index in [1.807, 2.05) is 12.1 Å². The maximum absolute atomic E-state index is 13.5. The number of rotatable bonds is 2. The minimum Gasteiger partial charge on any atom is -0.350 e. The Bertz CT molecular complexity index is 701. The summed E-state index contributed by atoms with van der Waals surface area (Å²) >= 11 is 1.27. The third-order valence-corrected chi connectivity index (χ3v) is 3.43. The van der Waals surface area contributed by atoms with Crippen LogP contribution in [0.1, 0.15) is 9.67 Å². The smallest absolute Gasteiger partial charge is 0.161 e. The largest absolute Gasteiger partial charge is 0.350 e. The number of thiazole rings is 1. The van der Waals surface area contributed by atoms with Crippen LogP contribution in [0.4, 0.5) is 4.39 Å². The lowest BCUT2D eigenvalue weighted by atomic mass is 10.2. The molecule has 0 radical (unpaired) electrons. The molecule has 3 aromatic rings. The number of aromatic nitrogens is 2. The summed E-state index contributed by atoms with van der Waals surface area (Å²) in [6.45, 7) is 0. The van der Waals surface area contributed by atoms with Gasteiger partial charge in [0.05, 0.1) is 16.1 Å². The highest BCUT2D eigenvalue weighted by atomic mass is 32.1. The van der Waals surface area contributed by atoms with E-state index in [9.17, 15) is 9.18 Å². The molecule has 2 aromatic heterocycles. The number of fused-ring (bicyclic) bond motifs is 1. The highest BCUT2D eigenvalue weighted by molar-refractivity contribution is 7.16. The molecule has 0 saturated heterocycles. The van der Waals surface area contributed by atoms with Crippen molar-refractivity contribution in [2.24, 2.45) is 0 Å². The number of carbonyl (C=O) groups is 1. The number of hydrogen-bond acceptors (Lipinski definition) is 3. The van der Waals surface area contributed by atoms with E-state index in [1.165, 1.54) is 23.6 Å². The van der Waals surface area contributed by atoms with Gasteiger partial charge < -0.3 is 4.98 Å². The van der Waals surface area contributed by atoms with Gasteiger partial charge in [0.25, 0.3) is 0 Å². The molecule has 0 aliphatic heterocycles. The summed E-state index contributed by atoms with van der Waals surface area (Å²) in [4.78, 5) is 18.2. The molecule has 0 spiro atoms. The maximum Gasteiger partial charge on any atom is 0.161 e. The van der Waals surface area contributed by atoms with Gasteiger partial charge in [0.1, 0.15) is 10.8 Å². The molecule has 17 heavy (non-hydrogen) atoms. The van der Waals surface area contributed by atoms with Crippen LogP contribution in [0.3, 0.4) is 0 Å². The van der Waals surface area contributed by atoms with Crippen molar-refractivity contribution in [1.29, 1.82) is 0 Å². The molecule has 1 aromatic carbocycles. The van der Waals surface area contributed by atoms with Crippen LogP contribution in [0.15, 0.2) is 30.5 Å². The van der Waals surface area contributed by atoms with Crippen LogP contribution in [-0.4, -0.2) is 16.3 Å². The molecule has 3 nitrogen and oxygen atoms in total. The van der Waals surface area contributed by atoms with Gasteiger partial charge in [-0.25, -0.2) is 9.37 Å². The number of aldehydes is 1. The van der Waals surface area contributed by atoms with Crippen LogP contribution in [0.5, 0.6) is 0 Å². The second-order valence-electron chi connectivity index (χ2n) is 3.57. The summed E-state index contributed by atoms with van der Waals surface area (Å²) in [5.41, 5.74) is 1.19. The molecule has 0 fully saturated rings. The molecule has 1 N–H and O–H groups in total. The summed E-state index contributed by atoms with van der Waals surface area (Å²) in [5, 5.41) is 1.48. The highest BCUT2D eigenvalue weighted by Crippen LogP contribution is 2.28. The zero-order valence-corrected chi connectivity index (χ0v) is 9.42. The Morgan fingerprint density at radius 2 is 2.29 bits per heavy atom. The number of H-pyrrole nitrogens is 1. The predicted molar refractivity (Wildman–Crippen MR) is 64.8 cm³/mol. The van der Waals surface area contributed by atoms with Gasteiger partial charge in [-0.2, -0.15) is 0 Å². The van der Waals surface area contributed by atoms with Gasteiger partial charge in [0.2, 0.25) is 0 Å². The van der Waals surface area contributed by atoms with E-state index in [2.05, 4.69) is 9.97 Å². The summed E-state index contributed by atoms with van der Waals surface area (Å²) in [6.07, 6.45) is 2.26. The van der Waals surface area contributed by atoms with Gasteiger partial charge >= 0.3 is 0 Å². The number of para-hydroxylation sites is 1. The quantitative estimate of drug-likeness (QED) is 0.705. The third kappa shape index (κ3) is 1.64. The highest BCUT2D eigenvalue weighted by Gasteiger charge is 2.09. The molecule has 2 heterocycles. The molecular weight excluding hydrogens is 239 g/mol. The van der Waals surface area contributed by atoms with Crippen molar-refractivity contribution in [3.8, 4) is 10.7 Å². The number of hydrogen-bond donors (Lipinski definition) is 1. The number of nitrogens with zero attached hydrogens (tertiary/aromatic N) is 1. The minimum atomic E-state index is -0.291. The lowest BCUT2D eigenvalue weighted by Crippen LogP contribution is -1.76. The van der Waals surface area contributed by atoms with E-state index < -0.39 is 0 Å². The lowest BCUT2D eigenvalue weighted by molar-refractivity contribution is 0.112. The molecule has 0 amide bonds. The average Bonchev–Trinajstić information content (AvgIpc) is 2.95. The number of nitrogens with one attached hydrogen (secondary N) is 1. The van der Waals surface area contributed by atoms with Crippen LogP contribution in [-0.2, 0) is 0 Å². The van der Waals surface area contributed by atoms with Crippen molar-refractivity contribution >= 4 is 28.5 Å². The zero-order valence-electron chi connectivity index (χ0n) is 8.61. The summed E-state index contributed by atoms with van der Waals surface area (Å²) in [5.74, 6) is -0.291. The fraction of sp³-hybridized carbons (Fsp3) is 0. The normalized spacial score (nSPS) is 10.9. The topological polar surface area (TPSA) is 45.8 Å². The second kappa shape index (κ2) is 3.78. The van der Waals surface area contributed by atoms with Gasteiger partial charge in [-0.15, -0.1) is 11.3 Å². The van der Waals surface area contributed by atoms with Crippen molar-refractivity contribution in [2.45, 2.75) is 0 Å². The predicted octanol–water partition coefficient (Wildman–Crippen LogP) is 3.24. The average molecular weight is 246 g/mol. The molecule has 0 atom stereocenters. The minimum absolute atomic E-state index is 0.291. The van der Waals surface area contributed by atoms with Crippen LogP contribution in [0, 0.1) is 5.82 Å². The molecule has 5 heteroatoms. The number of carbonyl (C=O) groups excluding carboxylic acids is 1. The number of aromatic amines is 1. The Balaban J connectivity index is 2.17. The van der Waals surface area contributed by atoms with Crippen LogP contribution in [0.25, 0.3) is 21.6 Å². The van der Waals surface area contributed by atoms with Crippen LogP contribution >= 0.6 is 11.3 Å². The van der Waals surface area contributed by atoms with Gasteiger partial charge in [-0.3, -0.25) is 4.79 Å². The third-order valence-electron chi connectivity index (χ3n) is 2.48. The van der Waals surface area contributed by atoms with E-state index in [-0.39, 0.29) is 5.82 Å². The molecular formula is C12H7FN2OS. The van der Waals surface area contributed by atoms with Crippen molar-refractivity contribution in [3.63, 3.8) is 0 Å². The molecule has 0 unspecified atom stereocenters. The first-order valence-corrected chi connectivity index (χ1v) is 5.78. The van der Waals surface area contributed by atoms with Gasteiger partial charge in [-0.1, -0.05) is 12.1 Å². The Hall–Kier alpha value is -2.01. The first kappa shape index (κ1) is 10.2. The molecule has 84 valence electrons. The molecule has 0 saturated carbocycles. The first-order chi connectivity index (χ1) is 8.28. The lowest BCUT2D eigenvalue weighted by Gasteiger charge is -1.90. The Morgan fingerprint density at radius 3 is 3.00 bits per heavy atom. The van der Waals surface area contributed by atoms with Crippen molar-refractivity contribution in [3.05, 3.63) is 41.2 Å². The fourth-order valence-electron chi connectivity index (χ4n) is 1.70. The molecule has 0 aliphatic carbocycles. The summed E-state index contributed by atoms with van der Waals surface area (Å²) in [6, 6.07) is 6.72. The Morgan fingerprint density at radius 1 is 1.41 bits per heavy atom. The fourth-order valence-corrected chi connectivity index (χ4v) is 2.40. The zero-order chi connectivity index (χ0) is 11.8. The standard InChI is InChI=1S/C12H7FN2OS/c13-9-3-1-2-7-4-10(15-11(7)9)12-14-5-8(6-16)17-12/h1-6,15H. The number of halogens is 1. The van der Waals surface area contributed by atoms with Crippen molar-refractivity contribution < 1.29 is 9.18 Å². The van der Waals surface area contributed by atoms with Crippen molar-refractivity contribution in [1.82, 2.24) is 9.97 Å². The number of benzene rings is 1. The summed E-state index contributed by atoms with van der Waals surface area (Å²) in [7, 11) is 0. The van der Waals surface area contributed by atoms with Crippen LogP contribution in [0.2, 0.25) is 0 Å². The van der Waals surface area contributed by atoms with E-state index in [1.54, 1.807) is 6.07 Å². The van der Waals surface area contributed by atoms with Gasteiger partial charge in [-0.05, 0) is 12.1 Å². The van der Waals surface area contributed by atoms with E-state index in [4.69, 9.17) is 0 Å². The van der Waals surface area contributed by atoms with E-state index >= 15 is 0 Å². The SMILES string of the molecule is O=Cc1cnc(-c2cc3cccc(F)c3[nH]2)s1. The molecule has 0 bridgehead atoms. The van der Waals surface area contributed by atoms with Crippen molar-refractivity contribution in [2.75, 3.05) is 0 Å². The van der Waals surface area contributed by atoms with Crippen LogP contribution < -0.4 is 0 Å². The first-order valence-electron chi connectivity index (χ1n) is 4.96. The Labute approximate surface area is 99.9 Å². The second-order valence-corrected chi connectivity index (χ2v) is 4.63. The van der Waals surface area contributed by atoms with E-state index in [0.717, 1.165) is 17.4 Å². The molecule has 3 rings (SSSR count). The monoisotopic (exact) mass is 246 g/mol. The summed E-state index contributed by atoms with van der Waals surface area (Å²) < 4.78 is 13.5. The molecule has 0 aliphatic rings.